The predicted octanol–water partition coefficient (Wildman–Crippen LogP) is -1.92. The third-order valence-electron chi connectivity index (χ3n) is 5.89. The Hall–Kier alpha value is -3.59. The van der Waals surface area contributed by atoms with Gasteiger partial charge in [-0.15, -0.1) is 32.5 Å². The maximum atomic E-state index is 13.0. The van der Waals surface area contributed by atoms with E-state index < -0.39 is 29.2 Å². The lowest BCUT2D eigenvalue weighted by Gasteiger charge is -2.50. The van der Waals surface area contributed by atoms with E-state index in [1.165, 1.54) is 23.8 Å². The van der Waals surface area contributed by atoms with Gasteiger partial charge in [0, 0.05) is 23.3 Å². The number of nitrogens with two attached hydrogens (primary N) is 1. The number of nitrogens with one attached hydrogen (secondary N) is 2. The Bertz CT molecular complexity index is 1270. The summed E-state index contributed by atoms with van der Waals surface area (Å²) in [5.41, 5.74) is 6.15. The number of carboxylic acids is 1. The van der Waals surface area contributed by atoms with E-state index in [1.807, 2.05) is 21.6 Å². The normalized spacial score (nSPS) is 21.6. The number of hydrogen-bond donors (Lipinski definition) is 3. The molecule has 0 radical (unpaired) electrons. The van der Waals surface area contributed by atoms with Gasteiger partial charge in [0.15, 0.2) is 29.4 Å². The fourth-order valence-electron chi connectivity index (χ4n) is 4.33. The van der Waals surface area contributed by atoms with Crippen molar-refractivity contribution in [2.45, 2.75) is 30.9 Å². The fourth-order valence-corrected chi connectivity index (χ4v) is 6.22. The van der Waals surface area contributed by atoms with Crippen molar-refractivity contribution in [2.24, 2.45) is 5.16 Å². The topological polar surface area (TPSA) is 171 Å². The average molecular weight is 519 g/mol. The number of fused-ring (bicyclic) bond motifs is 2. The minimum absolute atomic E-state index is 0.133. The van der Waals surface area contributed by atoms with E-state index in [1.54, 1.807) is 5.38 Å². The van der Waals surface area contributed by atoms with Gasteiger partial charge in [-0.2, -0.15) is 0 Å². The lowest BCUT2D eigenvalue weighted by Crippen LogP contribution is -2.71. The average Bonchev–Trinajstić information content (AvgIpc) is 3.46. The smallest absolute Gasteiger partial charge is 0.276 e. The van der Waals surface area contributed by atoms with Crippen LogP contribution in [0.1, 0.15) is 12.1 Å². The Morgan fingerprint density at radius 3 is 3.03 bits per heavy atom. The molecule has 2 amide bonds. The molecule has 2 atom stereocenters. The second kappa shape index (κ2) is 9.22. The van der Waals surface area contributed by atoms with E-state index in [4.69, 9.17) is 10.6 Å². The number of hydrogen-bond acceptors (Lipinski definition) is 11. The first-order chi connectivity index (χ1) is 16.9. The van der Waals surface area contributed by atoms with Crippen LogP contribution in [0.2, 0.25) is 0 Å². The molecule has 0 aliphatic carbocycles. The molecule has 1 saturated heterocycles. The molecule has 4 N–H and O–H groups in total. The van der Waals surface area contributed by atoms with Crippen molar-refractivity contribution in [3.8, 4) is 0 Å². The minimum Gasteiger partial charge on any atom is -0.543 e. The van der Waals surface area contributed by atoms with Crippen molar-refractivity contribution in [1.82, 2.24) is 19.9 Å². The summed E-state index contributed by atoms with van der Waals surface area (Å²) in [6.07, 6.45) is 2.84. The van der Waals surface area contributed by atoms with Gasteiger partial charge in [0.25, 0.3) is 11.8 Å². The summed E-state index contributed by atoms with van der Waals surface area (Å²) < 4.78 is 3.97. The summed E-state index contributed by atoms with van der Waals surface area (Å²) in [6, 6.07) is 1.01. The molecule has 184 valence electrons. The second-order valence-corrected chi connectivity index (χ2v) is 9.99. The predicted molar refractivity (Wildman–Crippen MR) is 125 cm³/mol. The third-order valence-corrected chi connectivity index (χ3v) is 7.90. The number of carbonyl (C=O) groups excluding carboxylic acids is 3. The number of rotatable bonds is 7. The molecule has 5 rings (SSSR count). The molecule has 5 heterocycles. The zero-order chi connectivity index (χ0) is 24.7. The molecule has 3 aliphatic rings. The molecular formula is C20H22N8O5S2. The van der Waals surface area contributed by atoms with Gasteiger partial charge in [-0.1, -0.05) is 5.16 Å². The Morgan fingerprint density at radius 2 is 2.31 bits per heavy atom. The number of oxime groups is 1. The van der Waals surface area contributed by atoms with E-state index >= 15 is 0 Å². The van der Waals surface area contributed by atoms with Crippen molar-refractivity contribution >= 4 is 57.5 Å². The number of carbonyl (C=O) groups is 3. The maximum absolute atomic E-state index is 13.0. The molecule has 2 aromatic heterocycles. The highest BCUT2D eigenvalue weighted by molar-refractivity contribution is 8.00. The van der Waals surface area contributed by atoms with Gasteiger partial charge >= 0.3 is 0 Å². The largest absolute Gasteiger partial charge is 0.543 e. The third kappa shape index (κ3) is 4.10. The quantitative estimate of drug-likeness (QED) is 0.164. The number of nitrogens with zero attached hydrogens (tertiary/aromatic N) is 5. The first kappa shape index (κ1) is 23.2. The SMILES string of the molecule is CON=C(C(=O)N[C@@H]1C(=O)N2C(C(=O)[O-])=C(C[n+]3ccc4n3CCCN4)CS[C@H]12)c1csc(N)n1. The number of thioether (sulfide) groups is 1. The summed E-state index contributed by atoms with van der Waals surface area (Å²) in [6.45, 7) is 2.00. The first-order valence-corrected chi connectivity index (χ1v) is 12.7. The molecule has 0 aromatic carbocycles. The lowest BCUT2D eigenvalue weighted by molar-refractivity contribution is -0.768. The molecule has 2 aromatic rings. The molecule has 1 fully saturated rings. The van der Waals surface area contributed by atoms with Crippen molar-refractivity contribution in [1.29, 1.82) is 0 Å². The molecule has 0 saturated carbocycles. The van der Waals surface area contributed by atoms with E-state index in [2.05, 4.69) is 20.8 Å². The number of aliphatic carboxylic acids is 1. The van der Waals surface area contributed by atoms with Crippen molar-refractivity contribution in [3.05, 3.63) is 34.6 Å². The lowest BCUT2D eigenvalue weighted by atomic mass is 10.0. The molecule has 13 nitrogen and oxygen atoms in total. The van der Waals surface area contributed by atoms with Crippen LogP contribution < -0.4 is 26.2 Å². The molecule has 15 heteroatoms. The summed E-state index contributed by atoms with van der Waals surface area (Å²) in [5, 5.41) is 22.9. The van der Waals surface area contributed by atoms with Crippen LogP contribution in [0.3, 0.4) is 0 Å². The van der Waals surface area contributed by atoms with E-state index in [-0.39, 0.29) is 22.2 Å². The maximum Gasteiger partial charge on any atom is 0.276 e. The van der Waals surface area contributed by atoms with Crippen LogP contribution in [0.15, 0.2) is 34.1 Å². The highest BCUT2D eigenvalue weighted by Gasteiger charge is 2.53. The zero-order valence-corrected chi connectivity index (χ0v) is 20.2. The van der Waals surface area contributed by atoms with Gasteiger partial charge in [-0.25, -0.2) is 4.98 Å². The highest BCUT2D eigenvalue weighted by Crippen LogP contribution is 2.40. The molecule has 0 bridgehead atoms. The Kier molecular flexibility index (Phi) is 6.10. The number of anilines is 2. The Labute approximate surface area is 207 Å². The molecule has 0 spiro atoms. The summed E-state index contributed by atoms with van der Waals surface area (Å²) in [7, 11) is 1.28. The van der Waals surface area contributed by atoms with Crippen molar-refractivity contribution in [3.63, 3.8) is 0 Å². The summed E-state index contributed by atoms with van der Waals surface area (Å²) in [4.78, 5) is 47.9. The van der Waals surface area contributed by atoms with Crippen LogP contribution in [0, 0.1) is 0 Å². The van der Waals surface area contributed by atoms with Crippen LogP contribution in [0.25, 0.3) is 0 Å². The highest BCUT2D eigenvalue weighted by atomic mass is 32.2. The number of thiazole rings is 1. The van der Waals surface area contributed by atoms with Crippen LogP contribution in [-0.4, -0.2) is 68.9 Å². The van der Waals surface area contributed by atoms with Crippen LogP contribution in [0.4, 0.5) is 10.9 Å². The standard InChI is InChI=1S/C20H22N8O5S2/c1-33-25-13(11-9-35-20(21)23-11)16(29)24-14-17(30)28-15(19(31)32)10(8-34-18(14)28)7-26-6-3-12-22-4-2-5-27(12)26/h3,6,9,14,18H,2,4-5,7-8H2,1H3,(H4,21,23,24,29,31,32)/t14-,18-/m1/s1. The molecule has 35 heavy (non-hydrogen) atoms. The van der Waals surface area contributed by atoms with Gasteiger partial charge in [-0.3, -0.25) is 14.5 Å². The Morgan fingerprint density at radius 1 is 1.49 bits per heavy atom. The second-order valence-electron chi connectivity index (χ2n) is 8.00. The van der Waals surface area contributed by atoms with E-state index in [0.29, 0.717) is 17.9 Å². The summed E-state index contributed by atoms with van der Waals surface area (Å²) >= 11 is 2.51. The number of nitrogen functional groups attached to an aromatic ring is 1. The monoisotopic (exact) mass is 518 g/mol. The van der Waals surface area contributed by atoms with Gasteiger partial charge in [0.1, 0.15) is 24.2 Å². The van der Waals surface area contributed by atoms with Gasteiger partial charge < -0.3 is 31.1 Å². The van der Waals surface area contributed by atoms with Gasteiger partial charge in [0.2, 0.25) is 0 Å². The van der Waals surface area contributed by atoms with Gasteiger partial charge in [-0.05, 0) is 6.42 Å². The number of aromatic nitrogens is 3. The fraction of sp³-hybridized carbons (Fsp3) is 0.400. The van der Waals surface area contributed by atoms with Gasteiger partial charge in [0.05, 0.1) is 24.3 Å². The number of amides is 2. The van der Waals surface area contributed by atoms with Crippen LogP contribution >= 0.6 is 23.1 Å². The zero-order valence-electron chi connectivity index (χ0n) is 18.6. The summed E-state index contributed by atoms with van der Waals surface area (Å²) in [5.74, 6) is -1.31. The molecular weight excluding hydrogens is 496 g/mol. The van der Waals surface area contributed by atoms with E-state index in [9.17, 15) is 19.5 Å². The molecule has 3 aliphatic heterocycles. The minimum atomic E-state index is -1.42. The first-order valence-electron chi connectivity index (χ1n) is 10.7. The van der Waals surface area contributed by atoms with Crippen LogP contribution in [0.5, 0.6) is 0 Å². The van der Waals surface area contributed by atoms with Crippen molar-refractivity contribution < 1.29 is 29.0 Å². The number of carboxylic acid groups (broad SMARTS) is 1. The van der Waals surface area contributed by atoms with Crippen molar-refractivity contribution in [2.75, 3.05) is 30.5 Å². The number of β-lactam (4-membered cyclic amide) rings is 1. The molecule has 0 unspecified atom stereocenters. The van der Waals surface area contributed by atoms with Crippen LogP contribution in [-0.2, 0) is 32.3 Å². The van der Waals surface area contributed by atoms with E-state index in [0.717, 1.165) is 36.7 Å². The Balaban J connectivity index is 1.35.